The van der Waals surface area contributed by atoms with Gasteiger partial charge >= 0.3 is 0 Å². The largest absolute Gasteiger partial charge is 0.338 e. The van der Waals surface area contributed by atoms with Gasteiger partial charge in [0.05, 0.1) is 13.1 Å². The van der Waals surface area contributed by atoms with Gasteiger partial charge in [0, 0.05) is 26.2 Å². The molecule has 0 aromatic rings. The van der Waals surface area contributed by atoms with E-state index in [4.69, 9.17) is 11.5 Å². The van der Waals surface area contributed by atoms with Gasteiger partial charge in [0.1, 0.15) is 0 Å². The summed E-state index contributed by atoms with van der Waals surface area (Å²) in [6.45, 7) is 2.29. The van der Waals surface area contributed by atoms with Crippen molar-refractivity contribution in [3.63, 3.8) is 0 Å². The Morgan fingerprint density at radius 3 is 1.33 bits per heavy atom. The van der Waals surface area contributed by atoms with E-state index in [9.17, 15) is 9.59 Å². The Kier molecular flexibility index (Phi) is 6.23. The summed E-state index contributed by atoms with van der Waals surface area (Å²) in [5, 5.41) is 0. The number of carbonyl (C=O) groups excluding carboxylic acids is 2. The Morgan fingerprint density at radius 2 is 1.13 bits per heavy atom. The molecular formula is C8H17ClN4O2. The van der Waals surface area contributed by atoms with Crippen LogP contribution in [0.25, 0.3) is 0 Å². The topological polar surface area (TPSA) is 92.7 Å². The molecule has 1 aliphatic heterocycles. The van der Waals surface area contributed by atoms with Crippen molar-refractivity contribution in [3.05, 3.63) is 0 Å². The Hall–Kier alpha value is -0.850. The minimum absolute atomic E-state index is 0. The summed E-state index contributed by atoms with van der Waals surface area (Å²) < 4.78 is 0. The van der Waals surface area contributed by atoms with Gasteiger partial charge in [-0.05, 0) is 0 Å². The van der Waals surface area contributed by atoms with Gasteiger partial charge in [0.15, 0.2) is 0 Å². The molecule has 0 bridgehead atoms. The summed E-state index contributed by atoms with van der Waals surface area (Å²) in [6.07, 6.45) is 0. The molecule has 0 unspecified atom stereocenters. The minimum Gasteiger partial charge on any atom is -0.338 e. The zero-order valence-corrected chi connectivity index (χ0v) is 9.33. The normalized spacial score (nSPS) is 15.9. The molecule has 6 nitrogen and oxygen atoms in total. The predicted octanol–water partition coefficient (Wildman–Crippen LogP) is -2.00. The van der Waals surface area contributed by atoms with Gasteiger partial charge in [0.25, 0.3) is 0 Å². The average Bonchev–Trinajstić information content (AvgIpc) is 2.27. The molecule has 1 rings (SSSR count). The maximum absolute atomic E-state index is 11.2. The zero-order valence-electron chi connectivity index (χ0n) is 8.52. The molecule has 7 heteroatoms. The Morgan fingerprint density at radius 1 is 0.867 bits per heavy atom. The summed E-state index contributed by atoms with van der Waals surface area (Å²) in [5.74, 6) is -0.130. The highest BCUT2D eigenvalue weighted by atomic mass is 35.5. The predicted molar refractivity (Wildman–Crippen MR) is 58.5 cm³/mol. The first-order valence-electron chi connectivity index (χ1n) is 4.64. The maximum Gasteiger partial charge on any atom is 0.236 e. The van der Waals surface area contributed by atoms with Crippen LogP contribution in [-0.4, -0.2) is 60.9 Å². The second kappa shape index (κ2) is 6.60. The Balaban J connectivity index is 0.00000196. The molecule has 0 aromatic heterocycles. The number of amides is 2. The van der Waals surface area contributed by atoms with Crippen molar-refractivity contribution in [3.8, 4) is 0 Å². The van der Waals surface area contributed by atoms with E-state index in [2.05, 4.69) is 0 Å². The second-order valence-corrected chi connectivity index (χ2v) is 3.17. The first-order chi connectivity index (χ1) is 6.69. The Labute approximate surface area is 95.0 Å². The lowest BCUT2D eigenvalue weighted by molar-refractivity contribution is -0.137. The number of rotatable bonds is 2. The second-order valence-electron chi connectivity index (χ2n) is 3.17. The quantitative estimate of drug-likeness (QED) is 0.580. The van der Waals surface area contributed by atoms with Crippen LogP contribution in [0.3, 0.4) is 0 Å². The van der Waals surface area contributed by atoms with Gasteiger partial charge in [-0.2, -0.15) is 0 Å². The van der Waals surface area contributed by atoms with Crippen LogP contribution >= 0.6 is 12.4 Å². The Bertz CT molecular complexity index is 205. The van der Waals surface area contributed by atoms with E-state index >= 15 is 0 Å². The molecule has 4 N–H and O–H groups in total. The highest BCUT2D eigenvalue weighted by Gasteiger charge is 2.22. The van der Waals surface area contributed by atoms with Crippen LogP contribution in [0.4, 0.5) is 0 Å². The number of nitrogens with two attached hydrogens (primary N) is 2. The van der Waals surface area contributed by atoms with Crippen LogP contribution in [0.15, 0.2) is 0 Å². The molecule has 1 saturated heterocycles. The van der Waals surface area contributed by atoms with Crippen molar-refractivity contribution in [2.45, 2.75) is 0 Å². The lowest BCUT2D eigenvalue weighted by Crippen LogP contribution is -2.53. The number of hydrogen-bond acceptors (Lipinski definition) is 4. The van der Waals surface area contributed by atoms with Crippen molar-refractivity contribution in [1.82, 2.24) is 9.80 Å². The highest BCUT2D eigenvalue weighted by molar-refractivity contribution is 5.85. The van der Waals surface area contributed by atoms with Crippen molar-refractivity contribution >= 4 is 24.2 Å². The molecular weight excluding hydrogens is 220 g/mol. The SMILES string of the molecule is Cl.NCC(=O)N1CCN(C(=O)CN)CC1. The number of piperazine rings is 1. The van der Waals surface area contributed by atoms with E-state index in [-0.39, 0.29) is 37.3 Å². The molecule has 0 spiro atoms. The first-order valence-corrected chi connectivity index (χ1v) is 4.64. The monoisotopic (exact) mass is 236 g/mol. The van der Waals surface area contributed by atoms with Crippen LogP contribution in [0.2, 0.25) is 0 Å². The molecule has 15 heavy (non-hydrogen) atoms. The molecule has 88 valence electrons. The van der Waals surface area contributed by atoms with Crippen LogP contribution in [0.1, 0.15) is 0 Å². The third-order valence-corrected chi connectivity index (χ3v) is 2.33. The number of nitrogens with zero attached hydrogens (tertiary/aromatic N) is 2. The zero-order chi connectivity index (χ0) is 10.6. The lowest BCUT2D eigenvalue weighted by atomic mass is 10.3. The summed E-state index contributed by atoms with van der Waals surface area (Å²) in [6, 6.07) is 0. The van der Waals surface area contributed by atoms with Gasteiger partial charge in [0.2, 0.25) is 11.8 Å². The summed E-state index contributed by atoms with van der Waals surface area (Å²) in [5.41, 5.74) is 10.5. The molecule has 0 aliphatic carbocycles. The van der Waals surface area contributed by atoms with Gasteiger partial charge < -0.3 is 21.3 Å². The molecule has 1 aliphatic rings. The molecule has 0 aromatic carbocycles. The van der Waals surface area contributed by atoms with Crippen molar-refractivity contribution in [2.24, 2.45) is 11.5 Å². The maximum atomic E-state index is 11.2. The van der Waals surface area contributed by atoms with Crippen molar-refractivity contribution < 1.29 is 9.59 Å². The van der Waals surface area contributed by atoms with Crippen LogP contribution < -0.4 is 11.5 Å². The van der Waals surface area contributed by atoms with Gasteiger partial charge in [-0.1, -0.05) is 0 Å². The molecule has 0 saturated carbocycles. The fourth-order valence-corrected chi connectivity index (χ4v) is 1.46. The molecule has 0 radical (unpaired) electrons. The van der Waals surface area contributed by atoms with E-state index in [1.165, 1.54) is 0 Å². The van der Waals surface area contributed by atoms with Gasteiger partial charge in [-0.25, -0.2) is 0 Å². The smallest absolute Gasteiger partial charge is 0.236 e. The summed E-state index contributed by atoms with van der Waals surface area (Å²) in [4.78, 5) is 25.7. The standard InChI is InChI=1S/C8H16N4O2.ClH/c9-5-7(13)11-1-2-12(4-3-11)8(14)6-10;/h1-6,9-10H2;1H. The van der Waals surface area contributed by atoms with E-state index < -0.39 is 0 Å². The van der Waals surface area contributed by atoms with Crippen molar-refractivity contribution in [1.29, 1.82) is 0 Å². The fourth-order valence-electron chi connectivity index (χ4n) is 1.46. The summed E-state index contributed by atoms with van der Waals surface area (Å²) >= 11 is 0. The molecule has 2 amide bonds. The third kappa shape index (κ3) is 3.65. The minimum atomic E-state index is -0.0650. The van der Waals surface area contributed by atoms with Crippen molar-refractivity contribution in [2.75, 3.05) is 39.3 Å². The lowest BCUT2D eigenvalue weighted by Gasteiger charge is -2.34. The number of carbonyl (C=O) groups is 2. The number of hydrogen-bond donors (Lipinski definition) is 2. The van der Waals surface area contributed by atoms with E-state index in [0.717, 1.165) is 0 Å². The van der Waals surface area contributed by atoms with Gasteiger partial charge in [-0.15, -0.1) is 12.4 Å². The number of halogens is 1. The van der Waals surface area contributed by atoms with Crippen LogP contribution in [0, 0.1) is 0 Å². The van der Waals surface area contributed by atoms with Crippen LogP contribution in [0.5, 0.6) is 0 Å². The van der Waals surface area contributed by atoms with Gasteiger partial charge in [-0.3, -0.25) is 9.59 Å². The van der Waals surface area contributed by atoms with E-state index in [1.807, 2.05) is 0 Å². The van der Waals surface area contributed by atoms with E-state index in [0.29, 0.717) is 26.2 Å². The average molecular weight is 237 g/mol. The van der Waals surface area contributed by atoms with E-state index in [1.54, 1.807) is 9.80 Å². The van der Waals surface area contributed by atoms with Crippen LogP contribution in [-0.2, 0) is 9.59 Å². The molecule has 1 heterocycles. The third-order valence-electron chi connectivity index (χ3n) is 2.33. The molecule has 1 fully saturated rings. The highest BCUT2D eigenvalue weighted by Crippen LogP contribution is 2.01. The molecule has 0 atom stereocenters. The summed E-state index contributed by atoms with van der Waals surface area (Å²) in [7, 11) is 0. The first kappa shape index (κ1) is 14.2. The fraction of sp³-hybridized carbons (Fsp3) is 0.750.